The number of sulfonamides is 1. The van der Waals surface area contributed by atoms with Gasteiger partial charge in [0.15, 0.2) is 17.1 Å². The van der Waals surface area contributed by atoms with Gasteiger partial charge in [0.05, 0.1) is 10.6 Å². The Kier molecular flexibility index (Phi) is 5.15. The number of likely N-dealkylation sites (N-methyl/N-ethyl adjacent to an activating group) is 1. The van der Waals surface area contributed by atoms with Crippen molar-refractivity contribution in [2.45, 2.75) is 17.5 Å². The van der Waals surface area contributed by atoms with E-state index in [9.17, 15) is 21.6 Å². The van der Waals surface area contributed by atoms with Crippen LogP contribution in [0.5, 0.6) is 0 Å². The maximum Gasteiger partial charge on any atom is 0.416 e. The molecule has 2 heterocycles. The van der Waals surface area contributed by atoms with Crippen molar-refractivity contribution in [2.24, 2.45) is 0 Å². The van der Waals surface area contributed by atoms with Crippen molar-refractivity contribution < 1.29 is 26.0 Å². The van der Waals surface area contributed by atoms with E-state index in [1.807, 2.05) is 0 Å². The summed E-state index contributed by atoms with van der Waals surface area (Å²) in [5, 5.41) is -0.497. The maximum atomic E-state index is 12.7. The highest BCUT2D eigenvalue weighted by atomic mass is 35.5. The molecule has 0 saturated carbocycles. The Balaban J connectivity index is 1.78. The fraction of sp³-hybridized carbons (Fsp3) is 0.250. The average Bonchev–Trinajstić information content (AvgIpc) is 3.01. The van der Waals surface area contributed by atoms with Gasteiger partial charge in [0.1, 0.15) is 4.90 Å². The minimum atomic E-state index is -4.61. The molecule has 0 aliphatic rings. The number of aromatic nitrogens is 2. The summed E-state index contributed by atoms with van der Waals surface area (Å²) in [5.41, 5.74) is -0.138. The Morgan fingerprint density at radius 3 is 2.63 bits per heavy atom. The van der Waals surface area contributed by atoms with Gasteiger partial charge in [0.2, 0.25) is 10.0 Å². The van der Waals surface area contributed by atoms with Crippen LogP contribution in [0, 0.1) is 0 Å². The Labute approximate surface area is 157 Å². The zero-order valence-corrected chi connectivity index (χ0v) is 15.4. The smallest absolute Gasteiger partial charge is 0.416 e. The van der Waals surface area contributed by atoms with Gasteiger partial charge >= 0.3 is 6.18 Å². The van der Waals surface area contributed by atoms with Gasteiger partial charge in [-0.25, -0.2) is 17.7 Å². The largest absolute Gasteiger partial charge is 0.439 e. The summed E-state index contributed by atoms with van der Waals surface area (Å²) in [5.74, 6) is 0.296. The van der Waals surface area contributed by atoms with Crippen molar-refractivity contribution in [3.05, 3.63) is 53.0 Å². The van der Waals surface area contributed by atoms with Gasteiger partial charge < -0.3 is 4.42 Å². The zero-order chi connectivity index (χ0) is 19.8. The monoisotopic (exact) mass is 419 g/mol. The summed E-state index contributed by atoms with van der Waals surface area (Å²) in [7, 11) is -2.79. The number of pyridine rings is 1. The van der Waals surface area contributed by atoms with Crippen LogP contribution in [0.2, 0.25) is 5.02 Å². The lowest BCUT2D eigenvalue weighted by atomic mass is 10.2. The van der Waals surface area contributed by atoms with Crippen molar-refractivity contribution in [3.63, 3.8) is 0 Å². The van der Waals surface area contributed by atoms with Gasteiger partial charge in [-0.3, -0.25) is 0 Å². The molecule has 1 aromatic carbocycles. The van der Waals surface area contributed by atoms with Crippen LogP contribution in [-0.4, -0.2) is 36.3 Å². The Morgan fingerprint density at radius 2 is 2.00 bits per heavy atom. The zero-order valence-electron chi connectivity index (χ0n) is 13.9. The molecule has 11 heteroatoms. The van der Waals surface area contributed by atoms with Crippen molar-refractivity contribution in [1.82, 2.24) is 14.3 Å². The molecule has 3 aromatic rings. The van der Waals surface area contributed by atoms with Crippen LogP contribution in [0.3, 0.4) is 0 Å². The first-order valence-corrected chi connectivity index (χ1v) is 9.44. The van der Waals surface area contributed by atoms with Crippen LogP contribution < -0.4 is 0 Å². The molecule has 6 nitrogen and oxygen atoms in total. The number of nitrogens with zero attached hydrogens (tertiary/aromatic N) is 3. The highest BCUT2D eigenvalue weighted by Crippen LogP contribution is 2.34. The number of halogens is 4. The molecule has 0 aliphatic carbocycles. The predicted molar refractivity (Wildman–Crippen MR) is 91.8 cm³/mol. The Hall–Kier alpha value is -2.17. The summed E-state index contributed by atoms with van der Waals surface area (Å²) in [4.78, 5) is 7.76. The van der Waals surface area contributed by atoms with E-state index in [2.05, 4.69) is 9.97 Å². The maximum absolute atomic E-state index is 12.7. The normalized spacial score (nSPS) is 12.8. The van der Waals surface area contributed by atoms with Crippen LogP contribution >= 0.6 is 11.6 Å². The van der Waals surface area contributed by atoms with Crippen molar-refractivity contribution in [3.8, 4) is 0 Å². The van der Waals surface area contributed by atoms with E-state index in [-0.39, 0.29) is 13.0 Å². The fourth-order valence-corrected chi connectivity index (χ4v) is 4.03. The molecule has 0 amide bonds. The molecule has 2 aromatic heterocycles. The topological polar surface area (TPSA) is 76.3 Å². The first-order valence-electron chi connectivity index (χ1n) is 7.62. The first-order chi connectivity index (χ1) is 12.6. The van der Waals surface area contributed by atoms with E-state index in [1.165, 1.54) is 7.05 Å². The summed E-state index contributed by atoms with van der Waals surface area (Å²) in [6, 6.07) is 5.48. The predicted octanol–water partition coefficient (Wildman–Crippen LogP) is 3.76. The number of benzene rings is 1. The summed E-state index contributed by atoms with van der Waals surface area (Å²) < 4.78 is 69.8. The summed E-state index contributed by atoms with van der Waals surface area (Å²) in [6.45, 7) is -0.00743. The second kappa shape index (κ2) is 7.10. The molecular weight excluding hydrogens is 407 g/mol. The molecule has 0 aliphatic heterocycles. The molecule has 0 unspecified atom stereocenters. The Bertz CT molecular complexity index is 1050. The van der Waals surface area contributed by atoms with Crippen LogP contribution in [0.15, 0.2) is 45.8 Å². The highest BCUT2D eigenvalue weighted by Gasteiger charge is 2.32. The number of alkyl halides is 3. The van der Waals surface area contributed by atoms with Gasteiger partial charge in [0, 0.05) is 26.2 Å². The third-order valence-corrected chi connectivity index (χ3v) is 6.14. The van der Waals surface area contributed by atoms with Crippen molar-refractivity contribution in [2.75, 3.05) is 13.6 Å². The van der Waals surface area contributed by atoms with Crippen LogP contribution in [0.1, 0.15) is 11.5 Å². The van der Waals surface area contributed by atoms with Crippen LogP contribution in [-0.2, 0) is 22.6 Å². The molecule has 0 radical (unpaired) electrons. The molecule has 0 spiro atoms. The molecule has 0 atom stereocenters. The first kappa shape index (κ1) is 19.6. The molecule has 0 fully saturated rings. The van der Waals surface area contributed by atoms with Crippen LogP contribution in [0.4, 0.5) is 13.2 Å². The molecule has 0 saturated heterocycles. The van der Waals surface area contributed by atoms with E-state index < -0.39 is 31.7 Å². The number of rotatable bonds is 5. The molecule has 0 bridgehead atoms. The second-order valence-corrected chi connectivity index (χ2v) is 8.07. The quantitative estimate of drug-likeness (QED) is 0.629. The molecule has 27 heavy (non-hydrogen) atoms. The minimum absolute atomic E-state index is 0.00743. The van der Waals surface area contributed by atoms with Crippen molar-refractivity contribution in [1.29, 1.82) is 0 Å². The van der Waals surface area contributed by atoms with Gasteiger partial charge in [-0.1, -0.05) is 11.6 Å². The second-order valence-electron chi connectivity index (χ2n) is 5.65. The summed E-state index contributed by atoms with van der Waals surface area (Å²) >= 11 is 5.79. The summed E-state index contributed by atoms with van der Waals surface area (Å²) in [6.07, 6.45) is -2.90. The van der Waals surface area contributed by atoms with Gasteiger partial charge in [-0.15, -0.1) is 0 Å². The van der Waals surface area contributed by atoms with E-state index in [0.717, 1.165) is 10.4 Å². The van der Waals surface area contributed by atoms with E-state index in [0.29, 0.717) is 29.3 Å². The lowest BCUT2D eigenvalue weighted by Crippen LogP contribution is -2.29. The molecule has 144 valence electrons. The fourth-order valence-electron chi connectivity index (χ4n) is 2.35. The number of oxazole rings is 1. The highest BCUT2D eigenvalue weighted by molar-refractivity contribution is 7.89. The molecule has 0 N–H and O–H groups in total. The number of hydrogen-bond acceptors (Lipinski definition) is 5. The number of fused-ring (bicyclic) bond motifs is 1. The van der Waals surface area contributed by atoms with Crippen molar-refractivity contribution >= 4 is 32.9 Å². The molecular formula is C16H13ClF3N3O3S. The molecule has 3 rings (SSSR count). The van der Waals surface area contributed by atoms with Gasteiger partial charge in [-0.05, 0) is 30.3 Å². The third kappa shape index (κ3) is 4.07. The van der Waals surface area contributed by atoms with E-state index in [4.69, 9.17) is 16.0 Å². The van der Waals surface area contributed by atoms with Crippen LogP contribution in [0.25, 0.3) is 11.2 Å². The lowest BCUT2D eigenvalue weighted by molar-refractivity contribution is -0.137. The standard InChI is InChI=1S/C16H13ClF3N3O3S/c1-23(8-6-14-22-15-12(26-14)3-2-7-21-15)27(24,25)13-5-4-10(9-11(13)17)16(18,19)20/h2-5,7,9H,6,8H2,1H3. The number of hydrogen-bond donors (Lipinski definition) is 0. The van der Waals surface area contributed by atoms with Gasteiger partial charge in [-0.2, -0.15) is 18.2 Å². The van der Waals surface area contributed by atoms with Gasteiger partial charge in [0.25, 0.3) is 0 Å². The van der Waals surface area contributed by atoms with E-state index >= 15 is 0 Å². The average molecular weight is 420 g/mol. The minimum Gasteiger partial charge on any atom is -0.439 e. The Morgan fingerprint density at radius 1 is 1.26 bits per heavy atom. The lowest BCUT2D eigenvalue weighted by Gasteiger charge is -2.18. The SMILES string of the molecule is CN(CCc1nc2ncccc2o1)S(=O)(=O)c1ccc(C(F)(F)F)cc1Cl. The van der Waals surface area contributed by atoms with E-state index in [1.54, 1.807) is 18.3 Å². The third-order valence-electron chi connectivity index (χ3n) is 3.80.